The lowest BCUT2D eigenvalue weighted by molar-refractivity contribution is 0.597. The summed E-state index contributed by atoms with van der Waals surface area (Å²) in [6, 6.07) is 10.2. The summed E-state index contributed by atoms with van der Waals surface area (Å²) in [5.74, 6) is 1.76. The predicted octanol–water partition coefficient (Wildman–Crippen LogP) is 4.51. The maximum atomic E-state index is 11.8. The Labute approximate surface area is 183 Å². The van der Waals surface area contributed by atoms with Gasteiger partial charge in [-0.05, 0) is 86.2 Å². The second-order valence-corrected chi connectivity index (χ2v) is 10.7. The first kappa shape index (κ1) is 21.3. The van der Waals surface area contributed by atoms with Crippen LogP contribution in [-0.2, 0) is 9.84 Å². The molecule has 2 heterocycles. The predicted molar refractivity (Wildman–Crippen MR) is 128 cm³/mol. The summed E-state index contributed by atoms with van der Waals surface area (Å²) in [7, 11) is -2.97. The molecule has 6 nitrogen and oxygen atoms in total. The number of nitrogen functional groups attached to an aromatic ring is 1. The van der Waals surface area contributed by atoms with Gasteiger partial charge in [-0.3, -0.25) is 0 Å². The van der Waals surface area contributed by atoms with Gasteiger partial charge in [-0.1, -0.05) is 12.1 Å². The summed E-state index contributed by atoms with van der Waals surface area (Å²) in [5, 5.41) is 4.48. The van der Waals surface area contributed by atoms with Crippen molar-refractivity contribution in [1.82, 2.24) is 9.97 Å². The molecule has 1 aliphatic rings. The largest absolute Gasteiger partial charge is 0.399 e. The van der Waals surface area contributed by atoms with Gasteiger partial charge in [0.2, 0.25) is 0 Å². The van der Waals surface area contributed by atoms with Gasteiger partial charge in [0.25, 0.3) is 0 Å². The van der Waals surface area contributed by atoms with E-state index in [0.717, 1.165) is 50.2 Å². The Morgan fingerprint density at radius 2 is 1.84 bits per heavy atom. The van der Waals surface area contributed by atoms with Crippen molar-refractivity contribution in [3.63, 3.8) is 0 Å². The molecule has 0 saturated carbocycles. The van der Waals surface area contributed by atoms with Crippen LogP contribution in [0.3, 0.4) is 0 Å². The molecule has 3 aromatic rings. The van der Waals surface area contributed by atoms with E-state index < -0.39 is 9.84 Å². The molecule has 0 amide bonds. The topological polar surface area (TPSA) is 98.0 Å². The molecule has 0 aliphatic carbocycles. The van der Waals surface area contributed by atoms with Crippen LogP contribution in [0.4, 0.5) is 11.5 Å². The Kier molecular flexibility index (Phi) is 5.47. The van der Waals surface area contributed by atoms with Crippen molar-refractivity contribution < 1.29 is 8.42 Å². The smallest absolute Gasteiger partial charge is 0.154 e. The van der Waals surface area contributed by atoms with Crippen molar-refractivity contribution in [3.05, 3.63) is 64.5 Å². The van der Waals surface area contributed by atoms with Crippen LogP contribution in [0.1, 0.15) is 47.5 Å². The second-order valence-electron chi connectivity index (χ2n) is 8.45. The monoisotopic (exact) mass is 436 g/mol. The lowest BCUT2D eigenvalue weighted by Gasteiger charge is -2.20. The van der Waals surface area contributed by atoms with E-state index in [1.54, 1.807) is 0 Å². The molecular formula is C24H28N4O2S. The average molecular weight is 437 g/mol. The van der Waals surface area contributed by atoms with Crippen molar-refractivity contribution in [2.75, 3.05) is 22.6 Å². The molecule has 2 aromatic carbocycles. The minimum absolute atomic E-state index is 0.00250. The third-order valence-electron chi connectivity index (χ3n) is 5.71. The average Bonchev–Trinajstić information content (AvgIpc) is 2.68. The highest BCUT2D eigenvalue weighted by atomic mass is 32.2. The Bertz CT molecular complexity index is 1290. The molecule has 3 N–H and O–H groups in total. The van der Waals surface area contributed by atoms with Crippen molar-refractivity contribution in [1.29, 1.82) is 0 Å². The number of hydrogen-bond acceptors (Lipinski definition) is 6. The summed E-state index contributed by atoms with van der Waals surface area (Å²) in [6.07, 6.45) is 2.36. The fourth-order valence-electron chi connectivity index (χ4n) is 4.13. The molecular weight excluding hydrogens is 408 g/mol. The number of aryl methyl sites for hydroxylation is 3. The minimum atomic E-state index is -2.97. The third-order valence-corrected chi connectivity index (χ3v) is 7.22. The van der Waals surface area contributed by atoms with Gasteiger partial charge in [-0.25, -0.2) is 18.4 Å². The van der Waals surface area contributed by atoms with Crippen LogP contribution in [-0.4, -0.2) is 29.9 Å². The Morgan fingerprint density at radius 1 is 1.06 bits per heavy atom. The molecule has 0 saturated heterocycles. The minimum Gasteiger partial charge on any atom is -0.399 e. The molecule has 0 unspecified atom stereocenters. The van der Waals surface area contributed by atoms with Gasteiger partial charge in [0, 0.05) is 11.1 Å². The number of fused-ring (bicyclic) bond motifs is 1. The molecule has 1 aliphatic heterocycles. The first-order chi connectivity index (χ1) is 14.6. The summed E-state index contributed by atoms with van der Waals surface area (Å²) >= 11 is 0. The third kappa shape index (κ3) is 4.56. The van der Waals surface area contributed by atoms with Gasteiger partial charge in [-0.15, -0.1) is 0 Å². The first-order valence-corrected chi connectivity index (χ1v) is 12.3. The number of allylic oxidation sites excluding steroid dienone is 1. The van der Waals surface area contributed by atoms with Crippen LogP contribution in [0.25, 0.3) is 16.5 Å². The van der Waals surface area contributed by atoms with Gasteiger partial charge in [0.1, 0.15) is 11.6 Å². The lowest BCUT2D eigenvalue weighted by atomic mass is 9.98. The summed E-state index contributed by atoms with van der Waals surface area (Å²) in [6.45, 7) is 8.04. The van der Waals surface area contributed by atoms with Crippen LogP contribution in [0.2, 0.25) is 0 Å². The van der Waals surface area contributed by atoms with E-state index in [-0.39, 0.29) is 17.5 Å². The van der Waals surface area contributed by atoms with Crippen molar-refractivity contribution in [2.45, 2.75) is 40.2 Å². The molecule has 162 valence electrons. The van der Waals surface area contributed by atoms with Crippen molar-refractivity contribution in [2.24, 2.45) is 0 Å². The van der Waals surface area contributed by atoms with Gasteiger partial charge in [0.05, 0.1) is 23.1 Å². The molecule has 7 heteroatoms. The van der Waals surface area contributed by atoms with E-state index in [1.807, 2.05) is 39.0 Å². The maximum absolute atomic E-state index is 11.8. The van der Waals surface area contributed by atoms with Crippen LogP contribution in [0, 0.1) is 20.8 Å². The normalized spacial score (nSPS) is 16.7. The van der Waals surface area contributed by atoms with Crippen LogP contribution < -0.4 is 11.1 Å². The Hall–Kier alpha value is -2.93. The zero-order valence-corrected chi connectivity index (χ0v) is 19.2. The van der Waals surface area contributed by atoms with Crippen LogP contribution in [0.15, 0.2) is 36.4 Å². The highest BCUT2D eigenvalue weighted by molar-refractivity contribution is 7.91. The number of benzene rings is 2. The highest BCUT2D eigenvalue weighted by Gasteiger charge is 2.19. The molecule has 4 rings (SSSR count). The molecule has 0 radical (unpaired) electrons. The number of aromatic nitrogens is 2. The van der Waals surface area contributed by atoms with E-state index in [2.05, 4.69) is 35.4 Å². The fourth-order valence-corrected chi connectivity index (χ4v) is 5.29. The summed E-state index contributed by atoms with van der Waals surface area (Å²) in [4.78, 5) is 9.36. The number of nitrogens with one attached hydrogen (secondary N) is 1. The van der Waals surface area contributed by atoms with Gasteiger partial charge in [-0.2, -0.15) is 0 Å². The Balaban J connectivity index is 1.78. The maximum Gasteiger partial charge on any atom is 0.154 e. The Morgan fingerprint density at radius 3 is 2.52 bits per heavy atom. The summed E-state index contributed by atoms with van der Waals surface area (Å²) < 4.78 is 23.6. The van der Waals surface area contributed by atoms with E-state index in [4.69, 9.17) is 10.7 Å². The zero-order chi connectivity index (χ0) is 22.3. The number of rotatable bonds is 4. The van der Waals surface area contributed by atoms with E-state index in [9.17, 15) is 8.42 Å². The van der Waals surface area contributed by atoms with Gasteiger partial charge < -0.3 is 11.1 Å². The van der Waals surface area contributed by atoms with E-state index >= 15 is 0 Å². The highest BCUT2D eigenvalue weighted by Crippen LogP contribution is 2.32. The zero-order valence-electron chi connectivity index (χ0n) is 18.4. The summed E-state index contributed by atoms with van der Waals surface area (Å²) in [5.41, 5.74) is 13.0. The number of nitrogens with zero attached hydrogens (tertiary/aromatic N) is 2. The molecule has 1 atom stereocenters. The van der Waals surface area contributed by atoms with E-state index in [1.165, 1.54) is 0 Å². The molecule has 0 bridgehead atoms. The molecule has 31 heavy (non-hydrogen) atoms. The van der Waals surface area contributed by atoms with Crippen molar-refractivity contribution >= 4 is 37.8 Å². The van der Waals surface area contributed by atoms with Gasteiger partial charge >= 0.3 is 0 Å². The van der Waals surface area contributed by atoms with Crippen LogP contribution >= 0.6 is 0 Å². The van der Waals surface area contributed by atoms with Gasteiger partial charge in [0.15, 0.2) is 9.84 Å². The number of anilines is 2. The van der Waals surface area contributed by atoms with Crippen LogP contribution in [0.5, 0.6) is 0 Å². The number of sulfone groups is 1. The lowest BCUT2D eigenvalue weighted by Crippen LogP contribution is -2.15. The molecule has 0 fully saturated rings. The number of hydrogen-bond donors (Lipinski definition) is 2. The van der Waals surface area contributed by atoms with Crippen molar-refractivity contribution in [3.8, 4) is 0 Å². The fraction of sp³-hybridized carbons (Fsp3) is 0.333. The second kappa shape index (κ2) is 7.96. The standard InChI is InChI=1S/C24H28N4O2S/c1-14-9-19(12-21(25)10-14)16(3)26-24-22-13-20(18-5-7-31(29,30)8-6-18)11-15(2)23(22)27-17(4)28-24/h5,9-13,16H,6-8,25H2,1-4H3,(H,26,27,28)/t16-/m1/s1. The molecule has 0 spiro atoms. The first-order valence-electron chi connectivity index (χ1n) is 10.4. The van der Waals surface area contributed by atoms with E-state index in [0.29, 0.717) is 12.2 Å². The SMILES string of the molecule is Cc1cc(N)cc([C@@H](C)Nc2nc(C)nc3c(C)cc(C4=CCS(=O)(=O)CC4)cc23)c1. The quantitative estimate of drug-likeness (QED) is 0.584. The molecule has 1 aromatic heterocycles. The number of nitrogens with two attached hydrogens (primary N) is 1.